The van der Waals surface area contributed by atoms with Crippen LogP contribution in [0.5, 0.6) is 5.75 Å². The van der Waals surface area contributed by atoms with E-state index in [0.717, 1.165) is 5.75 Å². The molecule has 1 heterocycles. The molecule has 11 heteroatoms. The topological polar surface area (TPSA) is 98.1 Å². The van der Waals surface area contributed by atoms with Gasteiger partial charge in [-0.25, -0.2) is 0 Å². The van der Waals surface area contributed by atoms with Gasteiger partial charge in [0.05, 0.1) is 28.9 Å². The minimum absolute atomic E-state index is 0.163. The first kappa shape index (κ1) is 24.9. The molecule has 1 aromatic heterocycles. The average Bonchev–Trinajstić information content (AvgIpc) is 3.21. The molecule has 2 amide bonds. The van der Waals surface area contributed by atoms with E-state index in [0.29, 0.717) is 45.4 Å². The van der Waals surface area contributed by atoms with Crippen LogP contribution >= 0.6 is 35.0 Å². The highest BCUT2D eigenvalue weighted by Crippen LogP contribution is 2.23. The molecule has 0 aliphatic carbocycles. The van der Waals surface area contributed by atoms with Gasteiger partial charge in [0.25, 0.3) is 5.91 Å². The van der Waals surface area contributed by atoms with E-state index in [9.17, 15) is 9.59 Å². The van der Waals surface area contributed by atoms with Crippen LogP contribution < -0.4 is 15.4 Å². The number of hydrogen-bond acceptors (Lipinski definition) is 6. The highest BCUT2D eigenvalue weighted by molar-refractivity contribution is 7.99. The summed E-state index contributed by atoms with van der Waals surface area (Å²) in [7, 11) is 0. The molecule has 0 fully saturated rings. The van der Waals surface area contributed by atoms with E-state index in [1.807, 2.05) is 18.4 Å². The van der Waals surface area contributed by atoms with E-state index >= 15 is 0 Å². The van der Waals surface area contributed by atoms with E-state index in [4.69, 9.17) is 27.9 Å². The van der Waals surface area contributed by atoms with Gasteiger partial charge < -0.3 is 19.9 Å². The maximum absolute atomic E-state index is 12.4. The van der Waals surface area contributed by atoms with Crippen LogP contribution in [0.2, 0.25) is 10.0 Å². The molecule has 0 aliphatic heterocycles. The van der Waals surface area contributed by atoms with Gasteiger partial charge >= 0.3 is 0 Å². The first-order valence-electron chi connectivity index (χ1n) is 10.2. The molecule has 3 rings (SSSR count). The maximum atomic E-state index is 12.4. The average molecular weight is 508 g/mol. The predicted octanol–water partition coefficient (Wildman–Crippen LogP) is 4.66. The fourth-order valence-electron chi connectivity index (χ4n) is 2.90. The predicted molar refractivity (Wildman–Crippen MR) is 130 cm³/mol. The Kier molecular flexibility index (Phi) is 8.99. The fourth-order valence-corrected chi connectivity index (χ4v) is 4.02. The zero-order valence-corrected chi connectivity index (χ0v) is 20.4. The molecule has 0 atom stereocenters. The van der Waals surface area contributed by atoms with Gasteiger partial charge in [0, 0.05) is 17.8 Å². The molecule has 33 heavy (non-hydrogen) atoms. The highest BCUT2D eigenvalue weighted by atomic mass is 35.5. The molecular weight excluding hydrogens is 485 g/mol. The third kappa shape index (κ3) is 6.86. The summed E-state index contributed by atoms with van der Waals surface area (Å²) in [5.41, 5.74) is 1.08. The van der Waals surface area contributed by atoms with E-state index in [1.165, 1.54) is 17.8 Å². The van der Waals surface area contributed by atoms with Crippen molar-refractivity contribution >= 4 is 52.5 Å². The molecule has 0 spiro atoms. The van der Waals surface area contributed by atoms with Crippen LogP contribution in [0.25, 0.3) is 0 Å². The molecule has 8 nitrogen and oxygen atoms in total. The number of ether oxygens (including phenoxy) is 1. The van der Waals surface area contributed by atoms with Crippen molar-refractivity contribution in [3.63, 3.8) is 0 Å². The van der Waals surface area contributed by atoms with Crippen molar-refractivity contribution in [1.82, 2.24) is 20.1 Å². The van der Waals surface area contributed by atoms with Gasteiger partial charge in [0.15, 0.2) is 11.0 Å². The van der Waals surface area contributed by atoms with Crippen LogP contribution in [0.4, 0.5) is 5.69 Å². The Morgan fingerprint density at radius 1 is 1.06 bits per heavy atom. The number of carbonyl (C=O) groups excluding carboxylic acids is 2. The lowest BCUT2D eigenvalue weighted by atomic mass is 10.2. The second-order valence-corrected chi connectivity index (χ2v) is 8.51. The second kappa shape index (κ2) is 11.9. The Labute approximate surface area is 206 Å². The Balaban J connectivity index is 1.54. The van der Waals surface area contributed by atoms with E-state index in [1.54, 1.807) is 36.4 Å². The van der Waals surface area contributed by atoms with E-state index in [-0.39, 0.29) is 24.1 Å². The van der Waals surface area contributed by atoms with Crippen LogP contribution in [0, 0.1) is 0 Å². The van der Waals surface area contributed by atoms with Gasteiger partial charge in [0.1, 0.15) is 5.75 Å². The molecule has 0 bridgehead atoms. The molecule has 2 N–H and O–H groups in total. The Morgan fingerprint density at radius 3 is 2.48 bits per heavy atom. The number of amides is 2. The number of halogens is 2. The number of carbonyl (C=O) groups is 2. The van der Waals surface area contributed by atoms with Crippen molar-refractivity contribution in [2.24, 2.45) is 0 Å². The van der Waals surface area contributed by atoms with Gasteiger partial charge in [0.2, 0.25) is 5.91 Å². The standard InChI is InChI=1S/C22H23Cl2N5O3S/c1-3-29-19(12-25-21(31)14-5-10-17(23)18(24)11-14)27-28-22(29)33-13-20(30)26-15-6-8-16(9-7-15)32-4-2/h5-11H,3-4,12-13H2,1-2H3,(H,25,31)(H,26,30). The zero-order chi connectivity index (χ0) is 23.8. The first-order chi connectivity index (χ1) is 15.9. The second-order valence-electron chi connectivity index (χ2n) is 6.75. The molecule has 174 valence electrons. The molecule has 0 radical (unpaired) electrons. The van der Waals surface area contributed by atoms with E-state index < -0.39 is 0 Å². The van der Waals surface area contributed by atoms with Crippen molar-refractivity contribution in [2.45, 2.75) is 32.1 Å². The molecule has 0 unspecified atom stereocenters. The zero-order valence-electron chi connectivity index (χ0n) is 18.1. The largest absolute Gasteiger partial charge is 0.494 e. The fraction of sp³-hybridized carbons (Fsp3) is 0.273. The number of thioether (sulfide) groups is 1. The Bertz CT molecular complexity index is 1120. The minimum atomic E-state index is -0.303. The lowest BCUT2D eigenvalue weighted by Gasteiger charge is -2.09. The van der Waals surface area contributed by atoms with Gasteiger partial charge in [-0.2, -0.15) is 0 Å². The summed E-state index contributed by atoms with van der Waals surface area (Å²) < 4.78 is 7.25. The highest BCUT2D eigenvalue weighted by Gasteiger charge is 2.15. The third-order valence-electron chi connectivity index (χ3n) is 4.48. The quantitative estimate of drug-likeness (QED) is 0.387. The lowest BCUT2D eigenvalue weighted by molar-refractivity contribution is -0.113. The maximum Gasteiger partial charge on any atom is 0.251 e. The minimum Gasteiger partial charge on any atom is -0.494 e. The van der Waals surface area contributed by atoms with Gasteiger partial charge in [-0.05, 0) is 56.3 Å². The smallest absolute Gasteiger partial charge is 0.251 e. The summed E-state index contributed by atoms with van der Waals surface area (Å²) >= 11 is 13.1. The molecule has 3 aromatic rings. The number of nitrogens with zero attached hydrogens (tertiary/aromatic N) is 3. The molecule has 0 saturated carbocycles. The normalized spacial score (nSPS) is 10.7. The van der Waals surface area contributed by atoms with E-state index in [2.05, 4.69) is 20.8 Å². The first-order valence-corrected chi connectivity index (χ1v) is 12.0. The van der Waals surface area contributed by atoms with Crippen molar-refractivity contribution in [3.05, 3.63) is 63.9 Å². The van der Waals surface area contributed by atoms with Crippen molar-refractivity contribution in [3.8, 4) is 5.75 Å². The molecular formula is C22H23Cl2N5O3S. The summed E-state index contributed by atoms with van der Waals surface area (Å²) in [5, 5.41) is 15.2. The Morgan fingerprint density at radius 2 is 1.82 bits per heavy atom. The number of benzene rings is 2. The summed E-state index contributed by atoms with van der Waals surface area (Å²) in [6.07, 6.45) is 0. The summed E-state index contributed by atoms with van der Waals surface area (Å²) in [4.78, 5) is 24.7. The summed E-state index contributed by atoms with van der Waals surface area (Å²) in [6, 6.07) is 11.9. The van der Waals surface area contributed by atoms with Crippen LogP contribution in [0.15, 0.2) is 47.6 Å². The van der Waals surface area contributed by atoms with Crippen LogP contribution in [-0.2, 0) is 17.9 Å². The third-order valence-corrected chi connectivity index (χ3v) is 6.19. The number of aromatic nitrogens is 3. The monoisotopic (exact) mass is 507 g/mol. The number of anilines is 1. The Hall–Kier alpha value is -2.75. The summed E-state index contributed by atoms with van der Waals surface area (Å²) in [5.74, 6) is 1.04. The summed E-state index contributed by atoms with van der Waals surface area (Å²) in [6.45, 7) is 5.21. The number of rotatable bonds is 10. The van der Waals surface area contributed by atoms with Crippen molar-refractivity contribution in [1.29, 1.82) is 0 Å². The molecule has 2 aromatic carbocycles. The number of hydrogen-bond donors (Lipinski definition) is 2. The molecule has 0 aliphatic rings. The van der Waals surface area contributed by atoms with Crippen molar-refractivity contribution in [2.75, 3.05) is 17.7 Å². The molecule has 0 saturated heterocycles. The lowest BCUT2D eigenvalue weighted by Crippen LogP contribution is -2.24. The van der Waals surface area contributed by atoms with Crippen LogP contribution in [0.3, 0.4) is 0 Å². The number of nitrogens with one attached hydrogen (secondary N) is 2. The van der Waals surface area contributed by atoms with Gasteiger partial charge in [-0.15, -0.1) is 10.2 Å². The van der Waals surface area contributed by atoms with Gasteiger partial charge in [-0.3, -0.25) is 9.59 Å². The van der Waals surface area contributed by atoms with Crippen LogP contribution in [0.1, 0.15) is 30.0 Å². The SMILES string of the molecule is CCOc1ccc(NC(=O)CSc2nnc(CNC(=O)c3ccc(Cl)c(Cl)c3)n2CC)cc1. The van der Waals surface area contributed by atoms with Crippen LogP contribution in [-0.4, -0.2) is 38.9 Å². The van der Waals surface area contributed by atoms with Crippen molar-refractivity contribution < 1.29 is 14.3 Å². The van der Waals surface area contributed by atoms with Gasteiger partial charge in [-0.1, -0.05) is 35.0 Å².